The number of carbonyl (C=O) groups excluding carboxylic acids is 1. The molecule has 2 saturated carbocycles. The molecular formula is C40H49FN8O2. The number of aliphatic hydroxyl groups is 1. The third-order valence-corrected chi connectivity index (χ3v) is 12.9. The summed E-state index contributed by atoms with van der Waals surface area (Å²) in [5.41, 5.74) is 4.94. The highest BCUT2D eigenvalue weighted by molar-refractivity contribution is 6.09. The maximum atomic E-state index is 14.9. The summed E-state index contributed by atoms with van der Waals surface area (Å²) in [6.45, 7) is 10.1. The second kappa shape index (κ2) is 12.3. The fraction of sp³-hybridized carbons (Fsp3) is 0.550. The zero-order chi connectivity index (χ0) is 35.1. The van der Waals surface area contributed by atoms with Crippen LogP contribution in [0.15, 0.2) is 49.1 Å². The highest BCUT2D eigenvalue weighted by atomic mass is 19.1. The van der Waals surface area contributed by atoms with E-state index in [1.54, 1.807) is 12.3 Å². The Morgan fingerprint density at radius 3 is 2.45 bits per heavy atom. The number of hydrogen-bond acceptors (Lipinski definition) is 8. The Kier molecular flexibility index (Phi) is 7.97. The number of amides is 1. The molecule has 3 aromatic heterocycles. The highest BCUT2D eigenvalue weighted by Crippen LogP contribution is 2.54. The molecule has 1 atom stereocenters. The molecule has 2 aliphatic carbocycles. The van der Waals surface area contributed by atoms with Crippen molar-refractivity contribution in [2.75, 3.05) is 36.4 Å². The van der Waals surface area contributed by atoms with Crippen molar-refractivity contribution in [2.45, 2.75) is 108 Å². The number of halogens is 1. The first-order valence-electron chi connectivity index (χ1n) is 19.0. The lowest BCUT2D eigenvalue weighted by molar-refractivity contribution is -0.128. The summed E-state index contributed by atoms with van der Waals surface area (Å²) in [5.74, 6) is 0.277. The third-order valence-electron chi connectivity index (χ3n) is 12.9. The molecule has 1 spiro atoms. The minimum Gasteiger partial charge on any atom is -0.378 e. The van der Waals surface area contributed by atoms with E-state index in [0.717, 1.165) is 66.6 Å². The van der Waals surface area contributed by atoms with Crippen LogP contribution in [-0.4, -0.2) is 84.8 Å². The summed E-state index contributed by atoms with van der Waals surface area (Å²) < 4.78 is 16.9. The van der Waals surface area contributed by atoms with E-state index in [9.17, 15) is 14.3 Å². The minimum absolute atomic E-state index is 0.0194. The van der Waals surface area contributed by atoms with Crippen molar-refractivity contribution in [1.82, 2.24) is 29.3 Å². The lowest BCUT2D eigenvalue weighted by Crippen LogP contribution is -2.58. The Morgan fingerprint density at radius 1 is 0.980 bits per heavy atom. The van der Waals surface area contributed by atoms with Gasteiger partial charge in [0.2, 0.25) is 5.91 Å². The molecule has 1 aromatic carbocycles. The molecule has 1 amide bonds. The van der Waals surface area contributed by atoms with Gasteiger partial charge in [-0.2, -0.15) is 0 Å². The van der Waals surface area contributed by atoms with Crippen LogP contribution in [0.5, 0.6) is 0 Å². The summed E-state index contributed by atoms with van der Waals surface area (Å²) >= 11 is 0. The summed E-state index contributed by atoms with van der Waals surface area (Å²) in [5, 5.41) is 14.4. The third kappa shape index (κ3) is 5.46. The minimum atomic E-state index is -0.593. The largest absolute Gasteiger partial charge is 0.378 e. The maximum absolute atomic E-state index is 14.9. The van der Waals surface area contributed by atoms with E-state index in [1.807, 2.05) is 17.0 Å². The van der Waals surface area contributed by atoms with Crippen molar-refractivity contribution in [3.05, 3.63) is 60.4 Å². The van der Waals surface area contributed by atoms with Crippen LogP contribution >= 0.6 is 0 Å². The molecule has 0 radical (unpaired) electrons. The van der Waals surface area contributed by atoms with Gasteiger partial charge in [0.25, 0.3) is 0 Å². The molecule has 9 rings (SSSR count). The van der Waals surface area contributed by atoms with Crippen LogP contribution in [0.3, 0.4) is 0 Å². The van der Waals surface area contributed by atoms with Gasteiger partial charge in [-0.3, -0.25) is 14.7 Å². The molecule has 2 saturated heterocycles. The molecule has 10 nitrogen and oxygen atoms in total. The van der Waals surface area contributed by atoms with E-state index in [1.165, 1.54) is 25.5 Å². The Balaban J connectivity index is 1.09. The van der Waals surface area contributed by atoms with E-state index >= 15 is 0 Å². The number of piperidine rings is 2. The Hall–Kier alpha value is -3.93. The molecule has 3 aliphatic heterocycles. The second-order valence-electron chi connectivity index (χ2n) is 16.4. The number of nitrogens with zero attached hydrogens (tertiary/aromatic N) is 7. The number of benzene rings is 1. The van der Waals surface area contributed by atoms with E-state index in [2.05, 4.69) is 64.0 Å². The van der Waals surface area contributed by atoms with Crippen molar-refractivity contribution in [3.8, 4) is 11.3 Å². The number of nitrogens with one attached hydrogen (secondary N) is 1. The van der Waals surface area contributed by atoms with Crippen LogP contribution in [0.25, 0.3) is 22.3 Å². The fourth-order valence-corrected chi connectivity index (χ4v) is 9.28. The Labute approximate surface area is 299 Å². The number of aromatic nitrogens is 4. The average Bonchev–Trinajstić information content (AvgIpc) is 3.65. The molecule has 4 fully saturated rings. The number of fused-ring (bicyclic) bond motifs is 3. The van der Waals surface area contributed by atoms with Gasteiger partial charge in [0.1, 0.15) is 11.7 Å². The number of aliphatic hydroxyl groups excluding tert-OH is 1. The van der Waals surface area contributed by atoms with Crippen LogP contribution in [0, 0.1) is 11.2 Å². The predicted molar refractivity (Wildman–Crippen MR) is 196 cm³/mol. The number of anilines is 3. The molecule has 1 unspecified atom stereocenters. The van der Waals surface area contributed by atoms with Crippen LogP contribution in [0.4, 0.5) is 21.6 Å². The van der Waals surface area contributed by atoms with Crippen molar-refractivity contribution in [1.29, 1.82) is 0 Å². The molecule has 4 aromatic rings. The molecule has 268 valence electrons. The van der Waals surface area contributed by atoms with Gasteiger partial charge in [0, 0.05) is 54.1 Å². The fourth-order valence-electron chi connectivity index (χ4n) is 9.28. The quantitative estimate of drug-likeness (QED) is 0.209. The van der Waals surface area contributed by atoms with E-state index in [4.69, 9.17) is 9.97 Å². The van der Waals surface area contributed by atoms with Gasteiger partial charge >= 0.3 is 0 Å². The number of pyridine rings is 2. The number of rotatable bonds is 8. The lowest BCUT2D eigenvalue weighted by atomic mass is 9.73. The number of imidazole rings is 1. The standard InChI is InChI=1S/C40H49FN8O2/c1-25(2)48-24-43-33-22-32(45-36(35(33)48)44-31-9-14-42-23-30(31)41)26-7-8-29-34(19-26)49(28-20-27(21-28)46-15-5-4-6-16-46)38(51)40(29)12-17-47(18-13-40)37(50)39(3)10-11-39/h7-9,14,19,22-25,27-28,37,50H,4-6,10-13,15-18,20-21H2,1-3H3,(H,42,44,45). The second-order valence-corrected chi connectivity index (χ2v) is 16.4. The van der Waals surface area contributed by atoms with Crippen LogP contribution in [0.2, 0.25) is 0 Å². The monoisotopic (exact) mass is 692 g/mol. The van der Waals surface area contributed by atoms with Gasteiger partial charge in [0.05, 0.1) is 34.8 Å². The summed E-state index contributed by atoms with van der Waals surface area (Å²) in [6.07, 6.45) is 13.5. The molecule has 51 heavy (non-hydrogen) atoms. The van der Waals surface area contributed by atoms with Gasteiger partial charge < -0.3 is 24.8 Å². The molecular weight excluding hydrogens is 643 g/mol. The van der Waals surface area contributed by atoms with Gasteiger partial charge in [-0.15, -0.1) is 0 Å². The zero-order valence-corrected chi connectivity index (χ0v) is 30.0. The van der Waals surface area contributed by atoms with Gasteiger partial charge in [-0.25, -0.2) is 14.4 Å². The lowest BCUT2D eigenvalue weighted by Gasteiger charge is -2.48. The Bertz CT molecular complexity index is 1970. The molecule has 0 bridgehead atoms. The van der Waals surface area contributed by atoms with Gasteiger partial charge in [0.15, 0.2) is 11.6 Å². The highest BCUT2D eigenvalue weighted by Gasteiger charge is 2.57. The SMILES string of the molecule is CC(C)n1cnc2cc(-c3ccc4c(c3)N(C3CC(N5CCCCC5)C3)C(=O)C43CCN(C(O)C4(C)CC4)CC3)nc(Nc3ccncc3F)c21. The summed E-state index contributed by atoms with van der Waals surface area (Å²) in [4.78, 5) is 35.6. The van der Waals surface area contributed by atoms with Crippen LogP contribution in [0.1, 0.15) is 90.2 Å². The first kappa shape index (κ1) is 32.9. The normalized spacial score (nSPS) is 25.0. The van der Waals surface area contributed by atoms with E-state index < -0.39 is 17.5 Å². The zero-order valence-electron chi connectivity index (χ0n) is 30.0. The first-order valence-corrected chi connectivity index (χ1v) is 19.0. The molecule has 6 heterocycles. The van der Waals surface area contributed by atoms with Crippen molar-refractivity contribution >= 4 is 34.1 Å². The van der Waals surface area contributed by atoms with Crippen molar-refractivity contribution in [2.24, 2.45) is 5.41 Å². The average molecular weight is 693 g/mol. The first-order chi connectivity index (χ1) is 24.6. The van der Waals surface area contributed by atoms with Crippen LogP contribution < -0.4 is 10.2 Å². The topological polar surface area (TPSA) is 103 Å². The molecule has 5 aliphatic rings. The molecule has 11 heteroatoms. The Morgan fingerprint density at radius 2 is 1.75 bits per heavy atom. The summed E-state index contributed by atoms with van der Waals surface area (Å²) in [6, 6.07) is 10.8. The maximum Gasteiger partial charge on any atom is 0.238 e. The summed E-state index contributed by atoms with van der Waals surface area (Å²) in [7, 11) is 0. The number of carbonyl (C=O) groups is 1. The molecule has 2 N–H and O–H groups in total. The van der Waals surface area contributed by atoms with E-state index in [0.29, 0.717) is 49.2 Å². The van der Waals surface area contributed by atoms with Crippen molar-refractivity contribution in [3.63, 3.8) is 0 Å². The predicted octanol–water partition coefficient (Wildman–Crippen LogP) is 6.77. The van der Waals surface area contributed by atoms with Crippen LogP contribution in [-0.2, 0) is 10.2 Å². The number of likely N-dealkylation sites (tertiary alicyclic amines) is 2. The smallest absolute Gasteiger partial charge is 0.238 e. The van der Waals surface area contributed by atoms with Gasteiger partial charge in [-0.05, 0) is 102 Å². The van der Waals surface area contributed by atoms with E-state index in [-0.39, 0.29) is 23.4 Å². The number of hydrogen-bond donors (Lipinski definition) is 2. The van der Waals surface area contributed by atoms with Gasteiger partial charge in [-0.1, -0.05) is 25.5 Å². The van der Waals surface area contributed by atoms with Crippen molar-refractivity contribution < 1.29 is 14.3 Å².